The van der Waals surface area contributed by atoms with E-state index in [9.17, 15) is 19.7 Å². The Kier molecular flexibility index (Phi) is 2.85. The molecule has 0 aromatic heterocycles. The van der Waals surface area contributed by atoms with Crippen LogP contribution in [-0.2, 0) is 19.1 Å². The molecule has 9 rings (SSSR count). The van der Waals surface area contributed by atoms with Crippen LogP contribution in [0.3, 0.4) is 0 Å². The number of carbonyl (C=O) groups is 2. The summed E-state index contributed by atoms with van der Waals surface area (Å²) in [4.78, 5) is 37.0. The lowest BCUT2D eigenvalue weighted by molar-refractivity contribution is -0.387. The normalized spacial score (nSPS) is 46.9. The number of nitro benzene ring substituents is 1. The monoisotopic (exact) mass is 387 g/mol. The molecule has 1 aromatic carbocycles. The maximum absolute atomic E-state index is 12.7. The van der Waals surface area contributed by atoms with Gasteiger partial charge in [0.15, 0.2) is 5.41 Å². The number of carbonyl (C=O) groups excluding carboxylic acids is 2. The molecule has 9 atom stereocenters. The zero-order valence-electron chi connectivity index (χ0n) is 14.4. The standard InChI is InChI=1S/C19H17NO6S/c1-25-17(21)19-6-7-10-11-12(15(7)26-18(19)22)14(19)13(10)16(11)27-9-5-3-2-4-8(9)20(23)24/h2-5,7,10-16H,6H2,1H3. The van der Waals surface area contributed by atoms with Crippen molar-refractivity contribution in [2.24, 2.45) is 40.9 Å². The highest BCUT2D eigenvalue weighted by Gasteiger charge is 2.88. The third-order valence-corrected chi connectivity index (χ3v) is 9.33. The number of hydrogen-bond acceptors (Lipinski definition) is 7. The Morgan fingerprint density at radius 2 is 2.07 bits per heavy atom. The summed E-state index contributed by atoms with van der Waals surface area (Å²) in [6.07, 6.45) is 0.460. The molecule has 2 aliphatic heterocycles. The molecule has 6 aliphatic carbocycles. The highest BCUT2D eigenvalue weighted by molar-refractivity contribution is 8.00. The number of ether oxygens (including phenoxy) is 2. The first kappa shape index (κ1) is 15.9. The average Bonchev–Trinajstić information content (AvgIpc) is 3.25. The number of methoxy groups -OCH3 is 1. The Labute approximate surface area is 158 Å². The van der Waals surface area contributed by atoms with E-state index in [1.807, 2.05) is 6.07 Å². The van der Waals surface area contributed by atoms with Crippen molar-refractivity contribution >= 4 is 29.4 Å². The lowest BCUT2D eigenvalue weighted by Gasteiger charge is -2.60. The fraction of sp³-hybridized carbons (Fsp3) is 0.579. The van der Waals surface area contributed by atoms with E-state index in [1.54, 1.807) is 23.9 Å². The van der Waals surface area contributed by atoms with Gasteiger partial charge in [0.1, 0.15) is 6.10 Å². The fourth-order valence-electron chi connectivity index (χ4n) is 7.25. The van der Waals surface area contributed by atoms with Crippen LogP contribution in [0.5, 0.6) is 0 Å². The van der Waals surface area contributed by atoms with E-state index in [0.717, 1.165) is 0 Å². The first-order valence-electron chi connectivity index (χ1n) is 9.20. The number of thioether (sulfide) groups is 1. The fourth-order valence-corrected chi connectivity index (χ4v) is 8.99. The zero-order chi connectivity index (χ0) is 18.7. The molecule has 8 aliphatic rings. The molecular weight excluding hydrogens is 370 g/mol. The summed E-state index contributed by atoms with van der Waals surface area (Å²) in [5.41, 5.74) is -1.04. The Morgan fingerprint density at radius 3 is 2.81 bits per heavy atom. The molecule has 9 unspecified atom stereocenters. The van der Waals surface area contributed by atoms with Gasteiger partial charge < -0.3 is 9.47 Å². The van der Waals surface area contributed by atoms with Crippen molar-refractivity contribution < 1.29 is 24.0 Å². The number of nitrogens with zero attached hydrogens (tertiary/aromatic N) is 1. The van der Waals surface area contributed by atoms with Crippen LogP contribution in [0.4, 0.5) is 5.69 Å². The lowest BCUT2D eigenvalue weighted by atomic mass is 9.48. The second-order valence-corrected chi connectivity index (χ2v) is 9.56. The number of nitro groups is 1. The molecule has 8 bridgehead atoms. The van der Waals surface area contributed by atoms with Crippen LogP contribution < -0.4 is 0 Å². The molecule has 8 heteroatoms. The second-order valence-electron chi connectivity index (χ2n) is 8.34. The van der Waals surface area contributed by atoms with E-state index < -0.39 is 17.4 Å². The van der Waals surface area contributed by atoms with Crippen LogP contribution in [0.2, 0.25) is 0 Å². The Bertz CT molecular complexity index is 909. The van der Waals surface area contributed by atoms with Gasteiger partial charge >= 0.3 is 11.9 Å². The molecule has 2 heterocycles. The predicted octanol–water partition coefficient (Wildman–Crippen LogP) is 2.28. The third-order valence-electron chi connectivity index (χ3n) is 7.83. The quantitative estimate of drug-likeness (QED) is 0.338. The van der Waals surface area contributed by atoms with Crippen molar-refractivity contribution in [2.75, 3.05) is 7.11 Å². The minimum Gasteiger partial charge on any atom is -0.468 e. The molecular formula is C19H17NO6S. The van der Waals surface area contributed by atoms with Gasteiger partial charge in [0.25, 0.3) is 5.69 Å². The minimum atomic E-state index is -1.16. The smallest absolute Gasteiger partial charge is 0.324 e. The zero-order valence-corrected chi connectivity index (χ0v) is 15.3. The molecule has 140 valence electrons. The highest BCUT2D eigenvalue weighted by atomic mass is 32.2. The maximum atomic E-state index is 12.7. The Balaban J connectivity index is 1.39. The van der Waals surface area contributed by atoms with Crippen molar-refractivity contribution in [3.63, 3.8) is 0 Å². The van der Waals surface area contributed by atoms with Gasteiger partial charge in [-0.25, -0.2) is 0 Å². The summed E-state index contributed by atoms with van der Waals surface area (Å²) in [6, 6.07) is 6.79. The van der Waals surface area contributed by atoms with E-state index in [0.29, 0.717) is 23.2 Å². The number of para-hydroxylation sites is 1. The Morgan fingerprint density at radius 1 is 1.30 bits per heavy atom. The molecule has 27 heavy (non-hydrogen) atoms. The summed E-state index contributed by atoms with van der Waals surface area (Å²) in [7, 11) is 1.33. The minimum absolute atomic E-state index is 0.0449. The number of fused-ring (bicyclic) bond motifs is 1. The molecule has 1 aromatic rings. The molecule has 0 N–H and O–H groups in total. The molecule has 7 nitrogen and oxygen atoms in total. The van der Waals surface area contributed by atoms with Crippen LogP contribution in [0, 0.1) is 51.0 Å². The summed E-state index contributed by atoms with van der Waals surface area (Å²) in [5.74, 6) is 0.549. The maximum Gasteiger partial charge on any atom is 0.324 e. The van der Waals surface area contributed by atoms with E-state index in [2.05, 4.69) is 0 Å². The van der Waals surface area contributed by atoms with Crippen LogP contribution in [-0.4, -0.2) is 35.3 Å². The van der Waals surface area contributed by atoms with E-state index in [-0.39, 0.29) is 45.6 Å². The van der Waals surface area contributed by atoms with Crippen molar-refractivity contribution in [1.29, 1.82) is 0 Å². The Hall–Kier alpha value is -2.09. The summed E-state index contributed by atoms with van der Waals surface area (Å²) in [5, 5.41) is 11.6. The van der Waals surface area contributed by atoms with Gasteiger partial charge in [-0.15, -0.1) is 11.8 Å². The lowest BCUT2D eigenvalue weighted by Crippen LogP contribution is -2.68. The van der Waals surface area contributed by atoms with E-state index in [1.165, 1.54) is 13.2 Å². The highest BCUT2D eigenvalue weighted by Crippen LogP contribution is 2.83. The first-order chi connectivity index (χ1) is 13.0. The molecule has 6 saturated carbocycles. The topological polar surface area (TPSA) is 95.7 Å². The summed E-state index contributed by atoms with van der Waals surface area (Å²) >= 11 is 1.54. The number of esters is 2. The van der Waals surface area contributed by atoms with Crippen LogP contribution in [0.15, 0.2) is 29.2 Å². The third kappa shape index (κ3) is 1.56. The van der Waals surface area contributed by atoms with Crippen molar-refractivity contribution in [2.45, 2.75) is 22.7 Å². The first-order valence-corrected chi connectivity index (χ1v) is 10.1. The number of benzene rings is 1. The van der Waals surface area contributed by atoms with Gasteiger partial charge in [0.2, 0.25) is 0 Å². The number of hydrogen-bond donors (Lipinski definition) is 0. The largest absolute Gasteiger partial charge is 0.468 e. The van der Waals surface area contributed by atoms with Crippen LogP contribution in [0.1, 0.15) is 6.42 Å². The SMILES string of the molecule is COC(=O)C12CC3C(OC1=O)C1C4C(Sc5ccccc5[N+](=O)[O-])C(C34)C12. The predicted molar refractivity (Wildman–Crippen MR) is 92.6 cm³/mol. The van der Waals surface area contributed by atoms with E-state index in [4.69, 9.17) is 9.47 Å². The second kappa shape index (κ2) is 4.84. The summed E-state index contributed by atoms with van der Waals surface area (Å²) < 4.78 is 10.7. The van der Waals surface area contributed by atoms with Crippen molar-refractivity contribution in [3.8, 4) is 0 Å². The van der Waals surface area contributed by atoms with Gasteiger partial charge in [-0.2, -0.15) is 0 Å². The molecule has 2 saturated heterocycles. The number of rotatable bonds is 4. The average molecular weight is 387 g/mol. The van der Waals surface area contributed by atoms with Gasteiger partial charge in [0.05, 0.1) is 16.9 Å². The van der Waals surface area contributed by atoms with Crippen molar-refractivity contribution in [3.05, 3.63) is 34.4 Å². The molecule has 0 radical (unpaired) electrons. The van der Waals surface area contributed by atoms with Gasteiger partial charge in [0, 0.05) is 23.2 Å². The van der Waals surface area contributed by atoms with Gasteiger partial charge in [-0.1, -0.05) is 12.1 Å². The van der Waals surface area contributed by atoms with Gasteiger partial charge in [-0.05, 0) is 36.2 Å². The molecule has 0 amide bonds. The van der Waals surface area contributed by atoms with Gasteiger partial charge in [-0.3, -0.25) is 19.7 Å². The van der Waals surface area contributed by atoms with Crippen molar-refractivity contribution in [1.82, 2.24) is 0 Å². The van der Waals surface area contributed by atoms with Crippen LogP contribution >= 0.6 is 11.8 Å². The van der Waals surface area contributed by atoms with E-state index >= 15 is 0 Å². The molecule has 8 fully saturated rings. The molecule has 0 spiro atoms. The summed E-state index contributed by atoms with van der Waals surface area (Å²) in [6.45, 7) is 0. The van der Waals surface area contributed by atoms with Crippen LogP contribution in [0.25, 0.3) is 0 Å².